The van der Waals surface area contributed by atoms with Crippen LogP contribution in [0, 0.1) is 10.1 Å². The van der Waals surface area contributed by atoms with Gasteiger partial charge in [-0.05, 0) is 25.1 Å². The maximum Gasteiger partial charge on any atom is 0.277 e. The number of rotatable bonds is 5. The van der Waals surface area contributed by atoms with Crippen molar-refractivity contribution in [1.29, 1.82) is 0 Å². The summed E-state index contributed by atoms with van der Waals surface area (Å²) in [7, 11) is -3.45. The van der Waals surface area contributed by atoms with E-state index in [0.29, 0.717) is 18.5 Å². The van der Waals surface area contributed by atoms with E-state index in [9.17, 15) is 18.5 Å². The summed E-state index contributed by atoms with van der Waals surface area (Å²) >= 11 is 0. The molecule has 0 fully saturated rings. The van der Waals surface area contributed by atoms with Gasteiger partial charge in [0.1, 0.15) is 0 Å². The normalized spacial score (nSPS) is 11.9. The Hall–Kier alpha value is -1.73. The van der Waals surface area contributed by atoms with Gasteiger partial charge in [0.25, 0.3) is 5.69 Å². The summed E-state index contributed by atoms with van der Waals surface area (Å²) in [6, 6.07) is 3.84. The fourth-order valence-corrected chi connectivity index (χ4v) is 2.00. The van der Waals surface area contributed by atoms with Gasteiger partial charge in [-0.2, -0.15) is 0 Å². The van der Waals surface area contributed by atoms with E-state index < -0.39 is 14.8 Å². The largest absolute Gasteiger partial charge is 0.330 e. The second-order valence-electron chi connectivity index (χ2n) is 3.73. The number of hydrogen-bond acceptors (Lipinski definition) is 5. The van der Waals surface area contributed by atoms with Gasteiger partial charge >= 0.3 is 0 Å². The standard InChI is InChI=1S/C11H14N2O4S/c1-18(16,17)10-6-5-9(4-2-3-7-12)11(8-10)13(14)15/h2,4-6,8H,3,7,12H2,1H3. The molecule has 1 rings (SSSR count). The number of sulfone groups is 1. The molecule has 0 amide bonds. The summed E-state index contributed by atoms with van der Waals surface area (Å²) in [5.74, 6) is 0. The van der Waals surface area contributed by atoms with E-state index >= 15 is 0 Å². The van der Waals surface area contributed by atoms with Gasteiger partial charge in [0, 0.05) is 12.3 Å². The first kappa shape index (κ1) is 14.3. The van der Waals surface area contributed by atoms with Crippen LogP contribution in [0.5, 0.6) is 0 Å². The number of benzene rings is 1. The third kappa shape index (κ3) is 3.64. The van der Waals surface area contributed by atoms with E-state index in [2.05, 4.69) is 0 Å². The van der Waals surface area contributed by atoms with Crippen molar-refractivity contribution in [1.82, 2.24) is 0 Å². The Balaban J connectivity index is 3.25. The zero-order valence-corrected chi connectivity index (χ0v) is 10.7. The van der Waals surface area contributed by atoms with Crippen molar-refractivity contribution < 1.29 is 13.3 Å². The Bertz CT molecular complexity index is 579. The number of nitro groups is 1. The third-order valence-corrected chi connectivity index (χ3v) is 3.37. The minimum atomic E-state index is -3.45. The zero-order valence-electron chi connectivity index (χ0n) is 9.87. The SMILES string of the molecule is CS(=O)(=O)c1ccc(C=CCCN)c([N+](=O)[O-])c1. The monoisotopic (exact) mass is 270 g/mol. The molecule has 2 N–H and O–H groups in total. The third-order valence-electron chi connectivity index (χ3n) is 2.26. The van der Waals surface area contributed by atoms with Gasteiger partial charge in [-0.25, -0.2) is 8.42 Å². The summed E-state index contributed by atoms with van der Waals surface area (Å²) in [5.41, 5.74) is 5.44. The lowest BCUT2D eigenvalue weighted by Crippen LogP contribution is -2.00. The molecular weight excluding hydrogens is 256 g/mol. The number of nitrogens with zero attached hydrogens (tertiary/aromatic N) is 1. The average Bonchev–Trinajstić information content (AvgIpc) is 2.28. The maximum absolute atomic E-state index is 11.3. The maximum atomic E-state index is 11.3. The second-order valence-corrected chi connectivity index (χ2v) is 5.75. The van der Waals surface area contributed by atoms with Crippen LogP contribution in [0.1, 0.15) is 12.0 Å². The molecule has 0 heterocycles. The Labute approximate surface area is 105 Å². The summed E-state index contributed by atoms with van der Waals surface area (Å²) < 4.78 is 22.6. The van der Waals surface area contributed by atoms with Gasteiger partial charge in [0.2, 0.25) is 0 Å². The molecule has 0 atom stereocenters. The van der Waals surface area contributed by atoms with Crippen LogP contribution >= 0.6 is 0 Å². The molecule has 0 aliphatic rings. The summed E-state index contributed by atoms with van der Waals surface area (Å²) in [6.07, 6.45) is 4.89. The van der Waals surface area contributed by atoms with Crippen LogP contribution < -0.4 is 5.73 Å². The number of hydrogen-bond donors (Lipinski definition) is 1. The highest BCUT2D eigenvalue weighted by atomic mass is 32.2. The van der Waals surface area contributed by atoms with Gasteiger partial charge < -0.3 is 5.73 Å². The molecule has 0 saturated heterocycles. The first-order chi connectivity index (χ1) is 8.36. The molecule has 1 aromatic carbocycles. The Morgan fingerprint density at radius 1 is 1.44 bits per heavy atom. The molecule has 0 aromatic heterocycles. The molecule has 0 saturated carbocycles. The highest BCUT2D eigenvalue weighted by molar-refractivity contribution is 7.90. The van der Waals surface area contributed by atoms with Crippen LogP contribution in [0.15, 0.2) is 29.2 Å². The minimum absolute atomic E-state index is 0.0647. The van der Waals surface area contributed by atoms with Crippen LogP contribution in [0.2, 0.25) is 0 Å². The van der Waals surface area contributed by atoms with Gasteiger partial charge in [-0.15, -0.1) is 0 Å². The van der Waals surface area contributed by atoms with Crippen LogP contribution in [0.25, 0.3) is 6.08 Å². The van der Waals surface area contributed by atoms with Crippen molar-refractivity contribution >= 4 is 21.6 Å². The van der Waals surface area contributed by atoms with Crippen LogP contribution in [-0.2, 0) is 9.84 Å². The van der Waals surface area contributed by atoms with Crippen molar-refractivity contribution in [3.05, 3.63) is 40.0 Å². The second kappa shape index (κ2) is 5.74. The van der Waals surface area contributed by atoms with Crippen LogP contribution in [-0.4, -0.2) is 26.1 Å². The highest BCUT2D eigenvalue weighted by Crippen LogP contribution is 2.24. The van der Waals surface area contributed by atoms with Gasteiger partial charge in [-0.3, -0.25) is 10.1 Å². The average molecular weight is 270 g/mol. The lowest BCUT2D eigenvalue weighted by Gasteiger charge is -2.01. The van der Waals surface area contributed by atoms with Gasteiger partial charge in [-0.1, -0.05) is 12.2 Å². The van der Waals surface area contributed by atoms with Crippen molar-refractivity contribution in [2.24, 2.45) is 5.73 Å². The first-order valence-corrected chi connectivity index (χ1v) is 7.10. The van der Waals surface area contributed by atoms with E-state index in [4.69, 9.17) is 5.73 Å². The molecule has 0 bridgehead atoms. The Morgan fingerprint density at radius 3 is 2.61 bits per heavy atom. The van der Waals surface area contributed by atoms with Crippen LogP contribution in [0.3, 0.4) is 0 Å². The lowest BCUT2D eigenvalue weighted by atomic mass is 10.1. The molecule has 6 nitrogen and oxygen atoms in total. The van der Waals surface area contributed by atoms with E-state index in [-0.39, 0.29) is 10.6 Å². The van der Waals surface area contributed by atoms with Gasteiger partial charge in [0.15, 0.2) is 9.84 Å². The van der Waals surface area contributed by atoms with E-state index in [1.807, 2.05) is 0 Å². The molecular formula is C11H14N2O4S. The van der Waals surface area contributed by atoms with Crippen molar-refractivity contribution in [3.63, 3.8) is 0 Å². The molecule has 0 aliphatic heterocycles. The minimum Gasteiger partial charge on any atom is -0.330 e. The highest BCUT2D eigenvalue weighted by Gasteiger charge is 2.16. The van der Waals surface area contributed by atoms with Crippen LogP contribution in [0.4, 0.5) is 5.69 Å². The molecule has 1 aromatic rings. The topological polar surface area (TPSA) is 103 Å². The number of nitro benzene ring substituents is 1. The quantitative estimate of drug-likeness (QED) is 0.642. The van der Waals surface area contributed by atoms with Crippen molar-refractivity contribution in [2.45, 2.75) is 11.3 Å². The fraction of sp³-hybridized carbons (Fsp3) is 0.273. The molecule has 7 heteroatoms. The van der Waals surface area contributed by atoms with E-state index in [1.54, 1.807) is 12.2 Å². The molecule has 0 unspecified atom stereocenters. The summed E-state index contributed by atoms with van der Waals surface area (Å²) in [4.78, 5) is 10.2. The molecule has 18 heavy (non-hydrogen) atoms. The Morgan fingerprint density at radius 2 is 2.11 bits per heavy atom. The first-order valence-electron chi connectivity index (χ1n) is 5.21. The summed E-state index contributed by atoms with van der Waals surface area (Å²) in [5, 5.41) is 10.9. The molecule has 0 spiro atoms. The predicted molar refractivity (Wildman–Crippen MR) is 68.9 cm³/mol. The van der Waals surface area contributed by atoms with E-state index in [1.165, 1.54) is 12.1 Å². The predicted octanol–water partition coefficient (Wildman–Crippen LogP) is 1.36. The zero-order chi connectivity index (χ0) is 13.8. The molecule has 0 radical (unpaired) electrons. The fourth-order valence-electron chi connectivity index (χ4n) is 1.36. The van der Waals surface area contributed by atoms with E-state index in [0.717, 1.165) is 12.3 Å². The lowest BCUT2D eigenvalue weighted by molar-refractivity contribution is -0.385. The molecule has 0 aliphatic carbocycles. The van der Waals surface area contributed by atoms with Gasteiger partial charge in [0.05, 0.1) is 15.4 Å². The smallest absolute Gasteiger partial charge is 0.277 e. The van der Waals surface area contributed by atoms with Crippen molar-refractivity contribution in [3.8, 4) is 0 Å². The molecule has 98 valence electrons. The van der Waals surface area contributed by atoms with Crippen molar-refractivity contribution in [2.75, 3.05) is 12.8 Å². The summed E-state index contributed by atoms with van der Waals surface area (Å²) in [6.45, 7) is 0.450. The number of nitrogens with two attached hydrogens (primary N) is 1. The Kier molecular flexibility index (Phi) is 4.57.